The second-order valence-corrected chi connectivity index (χ2v) is 3.88. The van der Waals surface area contributed by atoms with Crippen LogP contribution >= 0.6 is 0 Å². The average molecular weight is 241 g/mol. The van der Waals surface area contributed by atoms with Crippen LogP contribution in [0.5, 0.6) is 0 Å². The largest absolute Gasteiger partial charge is 0.344 e. The van der Waals surface area contributed by atoms with Gasteiger partial charge in [-0.25, -0.2) is 0 Å². The Morgan fingerprint density at radius 3 is 2.72 bits per heavy atom. The van der Waals surface area contributed by atoms with Crippen LogP contribution in [0.3, 0.4) is 0 Å². The van der Waals surface area contributed by atoms with Gasteiger partial charge in [-0.2, -0.15) is 0 Å². The normalized spacial score (nSPS) is 11.6. The maximum absolute atomic E-state index is 10.7. The second-order valence-electron chi connectivity index (χ2n) is 3.88. The Balaban J connectivity index is 3.12. The Morgan fingerprint density at radius 1 is 1.39 bits per heavy atom. The summed E-state index contributed by atoms with van der Waals surface area (Å²) in [4.78, 5) is 12.7. The topological polar surface area (TPSA) is 20.3 Å². The van der Waals surface area contributed by atoms with Crippen LogP contribution in [0.4, 0.5) is 5.69 Å². The van der Waals surface area contributed by atoms with Gasteiger partial charge in [0.05, 0.1) is 0 Å². The van der Waals surface area contributed by atoms with E-state index in [0.29, 0.717) is 6.42 Å². The minimum absolute atomic E-state index is 0.425. The average Bonchev–Trinajstić information content (AvgIpc) is 2.40. The van der Waals surface area contributed by atoms with Gasteiger partial charge >= 0.3 is 0 Å². The van der Waals surface area contributed by atoms with Gasteiger partial charge in [-0.1, -0.05) is 36.9 Å². The zero-order valence-electron chi connectivity index (χ0n) is 11.0. The van der Waals surface area contributed by atoms with Crippen LogP contribution in [0, 0.1) is 0 Å². The fourth-order valence-corrected chi connectivity index (χ4v) is 1.75. The van der Waals surface area contributed by atoms with E-state index >= 15 is 0 Å². The van der Waals surface area contributed by atoms with E-state index in [4.69, 9.17) is 0 Å². The van der Waals surface area contributed by atoms with Crippen molar-refractivity contribution in [1.29, 1.82) is 0 Å². The molecule has 1 aromatic carbocycles. The van der Waals surface area contributed by atoms with Crippen molar-refractivity contribution in [3.05, 3.63) is 66.4 Å². The molecule has 0 N–H and O–H groups in total. The lowest BCUT2D eigenvalue weighted by Crippen LogP contribution is -2.16. The van der Waals surface area contributed by atoms with E-state index in [1.54, 1.807) is 6.08 Å². The summed E-state index contributed by atoms with van der Waals surface area (Å²) in [5.74, 6) is 0. The Morgan fingerprint density at radius 2 is 2.11 bits per heavy atom. The molecule has 0 amide bonds. The highest BCUT2D eigenvalue weighted by Crippen LogP contribution is 2.23. The van der Waals surface area contributed by atoms with Gasteiger partial charge in [0.15, 0.2) is 0 Å². The molecule has 0 fully saturated rings. The summed E-state index contributed by atoms with van der Waals surface area (Å²) in [7, 11) is 1.97. The van der Waals surface area contributed by atoms with Crippen LogP contribution in [0.15, 0.2) is 60.8 Å². The fraction of sp³-hybridized carbons (Fsp3) is 0.188. The summed E-state index contributed by atoms with van der Waals surface area (Å²) in [6, 6.07) is 7.89. The number of anilines is 1. The van der Waals surface area contributed by atoms with Crippen molar-refractivity contribution in [1.82, 2.24) is 0 Å². The molecule has 0 unspecified atom stereocenters. The molecule has 0 saturated carbocycles. The molecule has 1 aromatic rings. The number of nitrogens with zero attached hydrogens (tertiary/aromatic N) is 1. The molecule has 0 aliphatic carbocycles. The number of rotatable bonds is 6. The monoisotopic (exact) mass is 241 g/mol. The molecule has 94 valence electrons. The van der Waals surface area contributed by atoms with Gasteiger partial charge in [-0.05, 0) is 30.7 Å². The smallest absolute Gasteiger partial charge is 0.124 e. The third kappa shape index (κ3) is 3.45. The van der Waals surface area contributed by atoms with Crippen molar-refractivity contribution >= 4 is 12.0 Å². The highest BCUT2D eigenvalue weighted by atomic mass is 16.1. The number of allylic oxidation sites excluding steroid dienone is 4. The minimum atomic E-state index is 0.425. The van der Waals surface area contributed by atoms with Gasteiger partial charge in [0.1, 0.15) is 6.29 Å². The van der Waals surface area contributed by atoms with Gasteiger partial charge in [0.2, 0.25) is 0 Å². The number of hydrogen-bond acceptors (Lipinski definition) is 2. The van der Waals surface area contributed by atoms with E-state index < -0.39 is 0 Å². The van der Waals surface area contributed by atoms with E-state index in [1.165, 1.54) is 0 Å². The number of carbonyl (C=O) groups excluding carboxylic acids is 1. The first-order chi connectivity index (χ1) is 8.74. The predicted octanol–water partition coefficient (Wildman–Crippen LogP) is 3.51. The highest BCUT2D eigenvalue weighted by Gasteiger charge is 2.08. The van der Waals surface area contributed by atoms with Gasteiger partial charge in [-0.15, -0.1) is 0 Å². The molecule has 0 saturated heterocycles. The molecule has 0 spiro atoms. The van der Waals surface area contributed by atoms with Crippen molar-refractivity contribution in [3.63, 3.8) is 0 Å². The van der Waals surface area contributed by atoms with Crippen molar-refractivity contribution in [2.75, 3.05) is 11.9 Å². The number of aldehydes is 1. The number of carbonyl (C=O) groups is 1. The highest BCUT2D eigenvalue weighted by molar-refractivity contribution is 5.66. The molecule has 2 heteroatoms. The molecule has 0 aliphatic rings. The summed E-state index contributed by atoms with van der Waals surface area (Å²) in [6.07, 6.45) is 9.08. The van der Waals surface area contributed by atoms with E-state index in [1.807, 2.05) is 61.4 Å². The lowest BCUT2D eigenvalue weighted by atomic mass is 10.1. The molecule has 0 bridgehead atoms. The van der Waals surface area contributed by atoms with Gasteiger partial charge in [0, 0.05) is 24.9 Å². The lowest BCUT2D eigenvalue weighted by molar-refractivity contribution is -0.107. The second kappa shape index (κ2) is 7.28. The van der Waals surface area contributed by atoms with Crippen LogP contribution in [0.1, 0.15) is 12.5 Å². The molecule has 1 rings (SSSR count). The molecule has 18 heavy (non-hydrogen) atoms. The van der Waals surface area contributed by atoms with Gasteiger partial charge < -0.3 is 9.69 Å². The molecular weight excluding hydrogens is 222 g/mol. The van der Waals surface area contributed by atoms with E-state index in [2.05, 4.69) is 6.58 Å². The van der Waals surface area contributed by atoms with Crippen LogP contribution in [0.25, 0.3) is 0 Å². The Hall–Kier alpha value is -2.09. The molecule has 0 aliphatic heterocycles. The number of para-hydroxylation sites is 1. The SMILES string of the molecule is C=C/C(=C\C=C/C)N(C)c1ccccc1CC=O. The van der Waals surface area contributed by atoms with E-state index in [9.17, 15) is 4.79 Å². The van der Waals surface area contributed by atoms with Gasteiger partial charge in [-0.3, -0.25) is 0 Å². The molecular formula is C16H19NO. The third-order valence-electron chi connectivity index (χ3n) is 2.71. The van der Waals surface area contributed by atoms with Crippen molar-refractivity contribution in [2.45, 2.75) is 13.3 Å². The first-order valence-electron chi connectivity index (χ1n) is 5.95. The molecule has 0 atom stereocenters. The van der Waals surface area contributed by atoms with Crippen LogP contribution in [0.2, 0.25) is 0 Å². The van der Waals surface area contributed by atoms with Crippen LogP contribution in [-0.4, -0.2) is 13.3 Å². The third-order valence-corrected chi connectivity index (χ3v) is 2.71. The van der Waals surface area contributed by atoms with Crippen molar-refractivity contribution in [3.8, 4) is 0 Å². The fourth-order valence-electron chi connectivity index (χ4n) is 1.75. The Labute approximate surface area is 109 Å². The number of likely N-dealkylation sites (N-methyl/N-ethyl adjacent to an activating group) is 1. The zero-order chi connectivity index (χ0) is 13.4. The van der Waals surface area contributed by atoms with E-state index in [-0.39, 0.29) is 0 Å². The predicted molar refractivity (Wildman–Crippen MR) is 77.7 cm³/mol. The van der Waals surface area contributed by atoms with Gasteiger partial charge in [0.25, 0.3) is 0 Å². The summed E-state index contributed by atoms with van der Waals surface area (Å²) < 4.78 is 0. The number of benzene rings is 1. The summed E-state index contributed by atoms with van der Waals surface area (Å²) >= 11 is 0. The summed E-state index contributed by atoms with van der Waals surface area (Å²) in [6.45, 7) is 5.79. The van der Waals surface area contributed by atoms with Crippen molar-refractivity contribution in [2.24, 2.45) is 0 Å². The Kier molecular flexibility index (Phi) is 5.65. The first-order valence-corrected chi connectivity index (χ1v) is 5.95. The zero-order valence-corrected chi connectivity index (χ0v) is 11.0. The number of hydrogen-bond donors (Lipinski definition) is 0. The first kappa shape index (κ1) is 14.0. The van der Waals surface area contributed by atoms with Crippen LogP contribution < -0.4 is 4.90 Å². The Bertz CT molecular complexity index is 472. The molecule has 2 nitrogen and oxygen atoms in total. The maximum Gasteiger partial charge on any atom is 0.124 e. The minimum Gasteiger partial charge on any atom is -0.344 e. The summed E-state index contributed by atoms with van der Waals surface area (Å²) in [5, 5.41) is 0. The molecule has 0 heterocycles. The quantitative estimate of drug-likeness (QED) is 0.561. The lowest BCUT2D eigenvalue weighted by Gasteiger charge is -2.22. The molecule has 0 aromatic heterocycles. The van der Waals surface area contributed by atoms with E-state index in [0.717, 1.165) is 23.2 Å². The maximum atomic E-state index is 10.7. The summed E-state index contributed by atoms with van der Waals surface area (Å²) in [5.41, 5.74) is 3.04. The standard InChI is InChI=1S/C16H19NO/c1-4-6-10-15(5-2)17(3)16-11-8-7-9-14(16)12-13-18/h4-11,13H,2,12H2,1,3H3/b6-4-,15-10+. The van der Waals surface area contributed by atoms with Crippen LogP contribution in [-0.2, 0) is 11.2 Å². The molecule has 0 radical (unpaired) electrons. The van der Waals surface area contributed by atoms with Crippen molar-refractivity contribution < 1.29 is 4.79 Å².